The van der Waals surface area contributed by atoms with Crippen LogP contribution < -0.4 is 10.1 Å². The maximum atomic E-state index is 12.8. The number of Topliss-reactive ketones (excluding diaryl/α,β-unsaturated/α-hetero) is 1. The number of para-hydroxylation sites is 2. The minimum Gasteiger partial charge on any atom is -0.497 e. The van der Waals surface area contributed by atoms with Gasteiger partial charge in [-0.2, -0.15) is 0 Å². The molecule has 6 nitrogen and oxygen atoms in total. The quantitative estimate of drug-likeness (QED) is 0.461. The molecule has 29 heavy (non-hydrogen) atoms. The summed E-state index contributed by atoms with van der Waals surface area (Å²) >= 11 is 0. The van der Waals surface area contributed by atoms with Crippen molar-refractivity contribution >= 4 is 28.7 Å². The van der Waals surface area contributed by atoms with E-state index in [0.717, 1.165) is 17.1 Å². The van der Waals surface area contributed by atoms with Crippen molar-refractivity contribution in [2.75, 3.05) is 12.4 Å². The molecule has 0 fully saturated rings. The van der Waals surface area contributed by atoms with Crippen molar-refractivity contribution in [3.63, 3.8) is 0 Å². The van der Waals surface area contributed by atoms with Crippen LogP contribution in [-0.2, 0) is 0 Å². The molecule has 0 spiro atoms. The van der Waals surface area contributed by atoms with E-state index >= 15 is 0 Å². The number of methoxy groups -OCH3 is 1. The summed E-state index contributed by atoms with van der Waals surface area (Å²) in [6.07, 6.45) is 0.216. The first kappa shape index (κ1) is 18.6. The van der Waals surface area contributed by atoms with E-state index in [2.05, 4.69) is 20.5 Å². The number of anilines is 1. The van der Waals surface area contributed by atoms with Gasteiger partial charge in [0.05, 0.1) is 30.2 Å². The molecule has 0 saturated heterocycles. The zero-order valence-corrected chi connectivity index (χ0v) is 15.9. The van der Waals surface area contributed by atoms with Crippen molar-refractivity contribution in [3.8, 4) is 5.75 Å². The van der Waals surface area contributed by atoms with Crippen LogP contribution in [0, 0.1) is 0 Å². The van der Waals surface area contributed by atoms with Crippen LogP contribution in [0.15, 0.2) is 94.1 Å². The van der Waals surface area contributed by atoms with Gasteiger partial charge in [-0.05, 0) is 48.5 Å². The minimum atomic E-state index is -0.369. The van der Waals surface area contributed by atoms with E-state index in [9.17, 15) is 4.79 Å². The molecule has 1 aliphatic rings. The predicted octanol–water partition coefficient (Wildman–Crippen LogP) is 5.58. The standard InChI is InChI=1S/C23H20N4O2/c1-29-18-13-11-16(12-14-18)22(28)15-21-23(27-26-17-7-3-2-4-8-17)25-20-10-6-5-9-19(20)24-21/h2-14,21,24H,15H2,1H3. The first-order valence-corrected chi connectivity index (χ1v) is 9.31. The monoisotopic (exact) mass is 384 g/mol. The average molecular weight is 384 g/mol. The van der Waals surface area contributed by atoms with Gasteiger partial charge in [0, 0.05) is 12.0 Å². The lowest BCUT2D eigenvalue weighted by Crippen LogP contribution is -2.33. The van der Waals surface area contributed by atoms with Gasteiger partial charge in [0.15, 0.2) is 11.6 Å². The molecule has 1 N–H and O–H groups in total. The number of azo groups is 1. The summed E-state index contributed by atoms with van der Waals surface area (Å²) in [5, 5.41) is 12.0. The normalized spacial score (nSPS) is 15.3. The molecule has 0 amide bonds. The van der Waals surface area contributed by atoms with Gasteiger partial charge in [0.25, 0.3) is 0 Å². The molecule has 3 aromatic rings. The molecule has 144 valence electrons. The van der Waals surface area contributed by atoms with Crippen LogP contribution in [-0.4, -0.2) is 24.8 Å². The molecule has 0 bridgehead atoms. The number of nitrogens with one attached hydrogen (secondary N) is 1. The van der Waals surface area contributed by atoms with E-state index in [4.69, 9.17) is 4.74 Å². The molecule has 3 aromatic carbocycles. The zero-order valence-electron chi connectivity index (χ0n) is 15.9. The van der Waals surface area contributed by atoms with E-state index < -0.39 is 0 Å². The maximum absolute atomic E-state index is 12.8. The lowest BCUT2D eigenvalue weighted by Gasteiger charge is -2.24. The summed E-state index contributed by atoms with van der Waals surface area (Å²) < 4.78 is 5.16. The van der Waals surface area contributed by atoms with Gasteiger partial charge in [-0.1, -0.05) is 30.3 Å². The average Bonchev–Trinajstić information content (AvgIpc) is 2.78. The summed E-state index contributed by atoms with van der Waals surface area (Å²) in [5.41, 5.74) is 3.00. The highest BCUT2D eigenvalue weighted by Gasteiger charge is 2.25. The Morgan fingerprint density at radius 1 is 0.966 bits per heavy atom. The smallest absolute Gasteiger partial charge is 0.174 e. The molecule has 0 saturated carbocycles. The highest BCUT2D eigenvalue weighted by Crippen LogP contribution is 2.31. The van der Waals surface area contributed by atoms with Crippen LogP contribution in [0.3, 0.4) is 0 Å². The molecule has 6 heteroatoms. The Bertz CT molecular complexity index is 1060. The fourth-order valence-corrected chi connectivity index (χ4v) is 3.06. The fraction of sp³-hybridized carbons (Fsp3) is 0.130. The van der Waals surface area contributed by atoms with E-state index in [-0.39, 0.29) is 18.2 Å². The Morgan fingerprint density at radius 2 is 1.69 bits per heavy atom. The van der Waals surface area contributed by atoms with Gasteiger partial charge in [0.1, 0.15) is 5.75 Å². The topological polar surface area (TPSA) is 75.4 Å². The van der Waals surface area contributed by atoms with Gasteiger partial charge in [-0.15, -0.1) is 10.2 Å². The molecular weight excluding hydrogens is 364 g/mol. The van der Waals surface area contributed by atoms with E-state index in [0.29, 0.717) is 17.1 Å². The maximum Gasteiger partial charge on any atom is 0.174 e. The number of rotatable bonds is 5. The van der Waals surface area contributed by atoms with Crippen LogP contribution in [0.4, 0.5) is 17.1 Å². The Labute approximate surface area is 169 Å². The highest BCUT2D eigenvalue weighted by atomic mass is 16.5. The number of carbonyl (C=O) groups is 1. The van der Waals surface area contributed by atoms with Crippen molar-refractivity contribution in [1.29, 1.82) is 0 Å². The number of ketones is 1. The molecule has 0 aliphatic carbocycles. The number of nitrogens with zero attached hydrogens (tertiary/aromatic N) is 3. The molecule has 0 radical (unpaired) electrons. The number of fused-ring (bicyclic) bond motifs is 1. The second kappa shape index (κ2) is 8.48. The summed E-state index contributed by atoms with van der Waals surface area (Å²) in [6, 6.07) is 23.9. The third kappa shape index (κ3) is 4.38. The lowest BCUT2D eigenvalue weighted by molar-refractivity contribution is 0.0982. The zero-order chi connectivity index (χ0) is 20.1. The molecule has 1 aliphatic heterocycles. The van der Waals surface area contributed by atoms with E-state index in [1.807, 2.05) is 54.6 Å². The van der Waals surface area contributed by atoms with Crippen LogP contribution in [0.2, 0.25) is 0 Å². The number of hydrogen-bond donors (Lipinski definition) is 1. The third-order valence-corrected chi connectivity index (χ3v) is 4.61. The molecule has 4 rings (SSSR count). The Hall–Kier alpha value is -3.80. The summed E-state index contributed by atoms with van der Waals surface area (Å²) in [4.78, 5) is 17.5. The van der Waals surface area contributed by atoms with Crippen molar-refractivity contribution in [3.05, 3.63) is 84.4 Å². The summed E-state index contributed by atoms with van der Waals surface area (Å²) in [7, 11) is 1.60. The van der Waals surface area contributed by atoms with Gasteiger partial charge in [-0.25, -0.2) is 4.99 Å². The second-order valence-corrected chi connectivity index (χ2v) is 6.58. The third-order valence-electron chi connectivity index (χ3n) is 4.61. The molecule has 0 aromatic heterocycles. The molecule has 1 heterocycles. The highest BCUT2D eigenvalue weighted by molar-refractivity contribution is 6.04. The molecule has 1 atom stereocenters. The predicted molar refractivity (Wildman–Crippen MR) is 114 cm³/mol. The van der Waals surface area contributed by atoms with Crippen molar-refractivity contribution in [1.82, 2.24) is 0 Å². The summed E-state index contributed by atoms with van der Waals surface area (Å²) in [5.74, 6) is 1.19. The van der Waals surface area contributed by atoms with Crippen LogP contribution in [0.5, 0.6) is 5.75 Å². The molecular formula is C23H20N4O2. The SMILES string of the molecule is COc1ccc(C(=O)CC2Nc3ccccc3N=C2N=Nc2ccccc2)cc1. The first-order valence-electron chi connectivity index (χ1n) is 9.31. The number of aliphatic imine (C=N–C) groups is 1. The number of benzene rings is 3. The van der Waals surface area contributed by atoms with Gasteiger partial charge < -0.3 is 10.1 Å². The van der Waals surface area contributed by atoms with Crippen LogP contribution >= 0.6 is 0 Å². The second-order valence-electron chi connectivity index (χ2n) is 6.58. The summed E-state index contributed by atoms with van der Waals surface area (Å²) in [6.45, 7) is 0. The van der Waals surface area contributed by atoms with E-state index in [1.54, 1.807) is 31.4 Å². The number of amidine groups is 1. The Morgan fingerprint density at radius 3 is 2.45 bits per heavy atom. The van der Waals surface area contributed by atoms with Crippen molar-refractivity contribution in [2.45, 2.75) is 12.5 Å². The number of ether oxygens (including phenoxy) is 1. The lowest BCUT2D eigenvalue weighted by atomic mass is 10.0. The number of carbonyl (C=O) groups excluding carboxylic acids is 1. The van der Waals surface area contributed by atoms with Crippen molar-refractivity contribution < 1.29 is 9.53 Å². The Kier molecular flexibility index (Phi) is 5.42. The largest absolute Gasteiger partial charge is 0.497 e. The molecule has 1 unspecified atom stereocenters. The van der Waals surface area contributed by atoms with Crippen LogP contribution in [0.1, 0.15) is 16.8 Å². The Balaban J connectivity index is 1.59. The van der Waals surface area contributed by atoms with Crippen LogP contribution in [0.25, 0.3) is 0 Å². The first-order chi connectivity index (χ1) is 14.2. The van der Waals surface area contributed by atoms with Crippen molar-refractivity contribution in [2.24, 2.45) is 15.2 Å². The van der Waals surface area contributed by atoms with Gasteiger partial charge in [0.2, 0.25) is 0 Å². The minimum absolute atomic E-state index is 0.00727. The number of hydrogen-bond acceptors (Lipinski definition) is 6. The van der Waals surface area contributed by atoms with Gasteiger partial charge in [-0.3, -0.25) is 4.79 Å². The van der Waals surface area contributed by atoms with Gasteiger partial charge >= 0.3 is 0 Å². The van der Waals surface area contributed by atoms with E-state index in [1.165, 1.54) is 0 Å². The fourth-order valence-electron chi connectivity index (χ4n) is 3.06.